The summed E-state index contributed by atoms with van der Waals surface area (Å²) >= 11 is 3.40. The molecular weight excluding hydrogens is 306 g/mol. The van der Waals surface area contributed by atoms with Crippen molar-refractivity contribution in [1.29, 1.82) is 0 Å². The second-order valence-electron chi connectivity index (χ2n) is 5.23. The maximum absolute atomic E-state index is 11.7. The molecule has 1 atom stereocenters. The van der Waals surface area contributed by atoms with Crippen molar-refractivity contribution in [2.24, 2.45) is 5.73 Å². The fraction of sp³-hybridized carbons (Fsp3) is 0.500. The van der Waals surface area contributed by atoms with Crippen LogP contribution in [0.1, 0.15) is 12.5 Å². The number of rotatable bonds is 7. The van der Waals surface area contributed by atoms with E-state index < -0.39 is 5.54 Å². The zero-order valence-electron chi connectivity index (χ0n) is 11.7. The lowest BCUT2D eigenvalue weighted by molar-refractivity contribution is -0.123. The van der Waals surface area contributed by atoms with Crippen molar-refractivity contribution < 1.29 is 4.79 Å². The van der Waals surface area contributed by atoms with E-state index in [1.807, 2.05) is 45.3 Å². The van der Waals surface area contributed by atoms with Crippen LogP contribution in [0.4, 0.5) is 0 Å². The molecule has 0 aromatic heterocycles. The van der Waals surface area contributed by atoms with Gasteiger partial charge in [0.2, 0.25) is 5.91 Å². The average molecular weight is 328 g/mol. The molecular formula is C14H22BrN3O. The normalized spacial score (nSPS) is 14.4. The summed E-state index contributed by atoms with van der Waals surface area (Å²) in [7, 11) is 4.00. The third kappa shape index (κ3) is 5.30. The number of carbonyl (C=O) groups excluding carboxylic acids is 1. The second-order valence-corrected chi connectivity index (χ2v) is 6.15. The van der Waals surface area contributed by atoms with E-state index >= 15 is 0 Å². The number of amides is 1. The molecule has 0 fully saturated rings. The molecule has 19 heavy (non-hydrogen) atoms. The second kappa shape index (κ2) is 7.03. The zero-order chi connectivity index (χ0) is 14.5. The van der Waals surface area contributed by atoms with Crippen LogP contribution in [0.15, 0.2) is 28.7 Å². The number of hydrogen-bond donors (Lipinski definition) is 2. The summed E-state index contributed by atoms with van der Waals surface area (Å²) in [6, 6.07) is 7.94. The van der Waals surface area contributed by atoms with Crippen LogP contribution in [-0.2, 0) is 11.2 Å². The zero-order valence-corrected chi connectivity index (χ0v) is 13.3. The maximum atomic E-state index is 11.7. The number of hydrogen-bond acceptors (Lipinski definition) is 3. The van der Waals surface area contributed by atoms with Crippen molar-refractivity contribution in [3.8, 4) is 0 Å². The molecule has 0 heterocycles. The molecule has 1 rings (SSSR count). The minimum Gasteiger partial charge on any atom is -0.368 e. The molecule has 0 aliphatic rings. The molecule has 0 bridgehead atoms. The number of halogens is 1. The van der Waals surface area contributed by atoms with Crippen molar-refractivity contribution in [2.45, 2.75) is 18.9 Å². The van der Waals surface area contributed by atoms with Gasteiger partial charge in [0.1, 0.15) is 0 Å². The Bertz CT molecular complexity index is 419. The number of primary amides is 1. The lowest BCUT2D eigenvalue weighted by atomic mass is 9.92. The van der Waals surface area contributed by atoms with E-state index in [1.165, 1.54) is 0 Å². The van der Waals surface area contributed by atoms with Crippen LogP contribution in [0.25, 0.3) is 0 Å². The first-order valence-electron chi connectivity index (χ1n) is 6.27. The standard InChI is InChI=1S/C14H22BrN3O/c1-14(13(16)19,17-8-9-18(2)3)10-11-4-6-12(15)7-5-11/h4-7,17H,8-10H2,1-3H3,(H2,16,19). The molecule has 1 aromatic carbocycles. The summed E-state index contributed by atoms with van der Waals surface area (Å²) in [6.07, 6.45) is 0.586. The number of nitrogens with two attached hydrogens (primary N) is 1. The van der Waals surface area contributed by atoms with Crippen LogP contribution in [0, 0.1) is 0 Å². The van der Waals surface area contributed by atoms with Gasteiger partial charge < -0.3 is 16.0 Å². The van der Waals surface area contributed by atoms with Gasteiger partial charge in [-0.1, -0.05) is 28.1 Å². The van der Waals surface area contributed by atoms with Crippen LogP contribution in [0.5, 0.6) is 0 Å². The molecule has 106 valence electrons. The minimum absolute atomic E-state index is 0.325. The molecule has 1 unspecified atom stereocenters. The van der Waals surface area contributed by atoms with Crippen LogP contribution < -0.4 is 11.1 Å². The highest BCUT2D eigenvalue weighted by atomic mass is 79.9. The van der Waals surface area contributed by atoms with Gasteiger partial charge in [0.05, 0.1) is 5.54 Å². The van der Waals surface area contributed by atoms with E-state index in [0.29, 0.717) is 6.42 Å². The summed E-state index contributed by atoms with van der Waals surface area (Å²) in [6.45, 7) is 3.44. The molecule has 0 spiro atoms. The largest absolute Gasteiger partial charge is 0.368 e. The van der Waals surface area contributed by atoms with Gasteiger partial charge >= 0.3 is 0 Å². The van der Waals surface area contributed by atoms with Crippen molar-refractivity contribution in [2.75, 3.05) is 27.2 Å². The van der Waals surface area contributed by atoms with Crippen LogP contribution >= 0.6 is 15.9 Å². The Morgan fingerprint density at radius 1 is 1.37 bits per heavy atom. The predicted molar refractivity (Wildman–Crippen MR) is 82.0 cm³/mol. The van der Waals surface area contributed by atoms with Crippen LogP contribution in [0.2, 0.25) is 0 Å². The Morgan fingerprint density at radius 3 is 2.42 bits per heavy atom. The van der Waals surface area contributed by atoms with Gasteiger partial charge in [-0.05, 0) is 45.1 Å². The fourth-order valence-corrected chi connectivity index (χ4v) is 2.07. The minimum atomic E-state index is -0.718. The molecule has 0 aliphatic carbocycles. The lowest BCUT2D eigenvalue weighted by Gasteiger charge is -2.28. The summed E-state index contributed by atoms with van der Waals surface area (Å²) in [4.78, 5) is 13.8. The van der Waals surface area contributed by atoms with Crippen molar-refractivity contribution in [3.63, 3.8) is 0 Å². The maximum Gasteiger partial charge on any atom is 0.237 e. The number of nitrogens with zero attached hydrogens (tertiary/aromatic N) is 1. The highest BCUT2D eigenvalue weighted by Crippen LogP contribution is 2.16. The van der Waals surface area contributed by atoms with Gasteiger partial charge in [-0.25, -0.2) is 0 Å². The Labute approximate surface area is 123 Å². The molecule has 3 N–H and O–H groups in total. The summed E-state index contributed by atoms with van der Waals surface area (Å²) in [5, 5.41) is 3.26. The van der Waals surface area contributed by atoms with Gasteiger partial charge in [0.25, 0.3) is 0 Å². The van der Waals surface area contributed by atoms with E-state index in [9.17, 15) is 4.79 Å². The smallest absolute Gasteiger partial charge is 0.237 e. The summed E-state index contributed by atoms with van der Waals surface area (Å²) in [5.74, 6) is -0.325. The Kier molecular flexibility index (Phi) is 5.97. The fourth-order valence-electron chi connectivity index (χ4n) is 1.80. The van der Waals surface area contributed by atoms with Crippen molar-refractivity contribution in [1.82, 2.24) is 10.2 Å². The Morgan fingerprint density at radius 2 is 1.95 bits per heavy atom. The van der Waals surface area contributed by atoms with E-state index in [1.54, 1.807) is 0 Å². The molecule has 4 nitrogen and oxygen atoms in total. The molecule has 0 saturated carbocycles. The van der Waals surface area contributed by atoms with Gasteiger partial charge in [-0.15, -0.1) is 0 Å². The number of benzene rings is 1. The third-order valence-electron chi connectivity index (χ3n) is 3.09. The van der Waals surface area contributed by atoms with Crippen LogP contribution in [-0.4, -0.2) is 43.5 Å². The van der Waals surface area contributed by atoms with E-state index in [0.717, 1.165) is 23.1 Å². The van der Waals surface area contributed by atoms with Gasteiger partial charge in [0.15, 0.2) is 0 Å². The van der Waals surface area contributed by atoms with Gasteiger partial charge in [-0.3, -0.25) is 4.79 Å². The number of nitrogens with one attached hydrogen (secondary N) is 1. The summed E-state index contributed by atoms with van der Waals surface area (Å²) in [5.41, 5.74) is 5.91. The molecule has 1 amide bonds. The third-order valence-corrected chi connectivity index (χ3v) is 3.62. The van der Waals surface area contributed by atoms with Gasteiger partial charge in [0, 0.05) is 17.6 Å². The van der Waals surface area contributed by atoms with Crippen molar-refractivity contribution >= 4 is 21.8 Å². The Hall–Kier alpha value is -0.910. The topological polar surface area (TPSA) is 58.4 Å². The van der Waals surface area contributed by atoms with E-state index in [-0.39, 0.29) is 5.91 Å². The first-order valence-corrected chi connectivity index (χ1v) is 7.07. The van der Waals surface area contributed by atoms with Crippen LogP contribution in [0.3, 0.4) is 0 Å². The quantitative estimate of drug-likeness (QED) is 0.795. The van der Waals surface area contributed by atoms with E-state index in [4.69, 9.17) is 5.73 Å². The summed E-state index contributed by atoms with van der Waals surface area (Å²) < 4.78 is 1.03. The highest BCUT2D eigenvalue weighted by Gasteiger charge is 2.30. The molecule has 0 saturated heterocycles. The monoisotopic (exact) mass is 327 g/mol. The SMILES string of the molecule is CN(C)CCNC(C)(Cc1ccc(Br)cc1)C(N)=O. The molecule has 1 aromatic rings. The van der Waals surface area contributed by atoms with E-state index in [2.05, 4.69) is 26.1 Å². The number of likely N-dealkylation sites (N-methyl/N-ethyl adjacent to an activating group) is 1. The number of carbonyl (C=O) groups is 1. The first kappa shape index (κ1) is 16.1. The first-order chi connectivity index (χ1) is 8.83. The Balaban J connectivity index is 2.70. The molecule has 0 radical (unpaired) electrons. The van der Waals surface area contributed by atoms with Gasteiger partial charge in [-0.2, -0.15) is 0 Å². The predicted octanol–water partition coefficient (Wildman–Crippen LogP) is 1.39. The lowest BCUT2D eigenvalue weighted by Crippen LogP contribution is -2.56. The average Bonchev–Trinajstić information content (AvgIpc) is 2.31. The highest BCUT2D eigenvalue weighted by molar-refractivity contribution is 9.10. The molecule has 5 heteroatoms. The van der Waals surface area contributed by atoms with Crippen molar-refractivity contribution in [3.05, 3.63) is 34.3 Å². The molecule has 0 aliphatic heterocycles.